The van der Waals surface area contributed by atoms with Gasteiger partial charge in [-0.05, 0) is 43.5 Å². The van der Waals surface area contributed by atoms with Crippen LogP contribution in [-0.2, 0) is 24.3 Å². The van der Waals surface area contributed by atoms with Crippen LogP contribution in [0.15, 0.2) is 24.3 Å². The summed E-state index contributed by atoms with van der Waals surface area (Å²) < 4.78 is 2.09. The average molecular weight is 354 g/mol. The minimum Gasteiger partial charge on any atom is -0.331 e. The number of carbonyl (C=O) groups is 2. The number of hydrogen-bond acceptors (Lipinski definition) is 4. The minimum absolute atomic E-state index is 0.153. The first kappa shape index (κ1) is 16.6. The fourth-order valence-electron chi connectivity index (χ4n) is 3.48. The van der Waals surface area contributed by atoms with E-state index in [1.807, 2.05) is 12.1 Å². The summed E-state index contributed by atoms with van der Waals surface area (Å²) in [5, 5.41) is 14.0. The first-order valence-corrected chi connectivity index (χ1v) is 9.07. The lowest BCUT2D eigenvalue weighted by atomic mass is 10.2. The molecule has 0 unspecified atom stereocenters. The van der Waals surface area contributed by atoms with E-state index in [-0.39, 0.29) is 11.9 Å². The largest absolute Gasteiger partial charge is 0.331 e. The van der Waals surface area contributed by atoms with E-state index in [9.17, 15) is 9.59 Å². The number of rotatable bonds is 4. The van der Waals surface area contributed by atoms with E-state index in [2.05, 4.69) is 25.4 Å². The summed E-state index contributed by atoms with van der Waals surface area (Å²) in [5.74, 6) is 1.94. The summed E-state index contributed by atoms with van der Waals surface area (Å²) in [5.41, 5.74) is 1.55. The van der Waals surface area contributed by atoms with Crippen molar-refractivity contribution >= 4 is 23.3 Å². The van der Waals surface area contributed by atoms with Crippen LogP contribution >= 0.6 is 0 Å². The summed E-state index contributed by atoms with van der Waals surface area (Å²) in [6.07, 6.45) is 4.72. The highest BCUT2D eigenvalue weighted by atomic mass is 16.2. The zero-order valence-electron chi connectivity index (χ0n) is 14.6. The fraction of sp³-hybridized carbons (Fsp3) is 0.444. The maximum Gasteiger partial charge on any atom is 0.319 e. The number of nitrogens with zero attached hydrogens (tertiary/aromatic N) is 4. The van der Waals surface area contributed by atoms with Crippen molar-refractivity contribution in [2.45, 2.75) is 45.2 Å². The van der Waals surface area contributed by atoms with Gasteiger partial charge in [-0.3, -0.25) is 4.79 Å². The molecule has 0 saturated carbocycles. The van der Waals surface area contributed by atoms with Crippen molar-refractivity contribution in [1.29, 1.82) is 0 Å². The number of nitrogens with one attached hydrogen (secondary N) is 2. The van der Waals surface area contributed by atoms with Gasteiger partial charge in [-0.2, -0.15) is 0 Å². The number of urea groups is 1. The van der Waals surface area contributed by atoms with Crippen molar-refractivity contribution in [2.24, 2.45) is 0 Å². The zero-order chi connectivity index (χ0) is 17.9. The smallest absolute Gasteiger partial charge is 0.319 e. The van der Waals surface area contributed by atoms with Crippen LogP contribution in [0.25, 0.3) is 0 Å². The van der Waals surface area contributed by atoms with Crippen LogP contribution in [0, 0.1) is 0 Å². The Balaban J connectivity index is 1.32. The molecule has 0 spiro atoms. The molecule has 0 atom stereocenters. The molecule has 3 amide bonds. The number of anilines is 2. The van der Waals surface area contributed by atoms with Gasteiger partial charge in [-0.15, -0.1) is 10.2 Å². The second-order valence-corrected chi connectivity index (χ2v) is 6.64. The maximum absolute atomic E-state index is 12.1. The van der Waals surface area contributed by atoms with Crippen molar-refractivity contribution < 1.29 is 9.59 Å². The monoisotopic (exact) mass is 354 g/mol. The van der Waals surface area contributed by atoms with Gasteiger partial charge in [-0.25, -0.2) is 4.79 Å². The fourth-order valence-corrected chi connectivity index (χ4v) is 3.48. The summed E-state index contributed by atoms with van der Waals surface area (Å²) in [6, 6.07) is 7.03. The van der Waals surface area contributed by atoms with E-state index >= 15 is 0 Å². The van der Waals surface area contributed by atoms with E-state index in [1.165, 1.54) is 0 Å². The number of amides is 3. The molecule has 1 saturated heterocycles. The normalized spacial score (nSPS) is 16.5. The highest BCUT2D eigenvalue weighted by Gasteiger charge is 2.21. The van der Waals surface area contributed by atoms with Crippen LogP contribution in [0.1, 0.15) is 37.3 Å². The molecule has 136 valence electrons. The van der Waals surface area contributed by atoms with Crippen molar-refractivity contribution in [3.05, 3.63) is 35.9 Å². The van der Waals surface area contributed by atoms with Gasteiger partial charge in [0, 0.05) is 37.3 Å². The summed E-state index contributed by atoms with van der Waals surface area (Å²) >= 11 is 0. The van der Waals surface area contributed by atoms with E-state index in [4.69, 9.17) is 0 Å². The van der Waals surface area contributed by atoms with Crippen molar-refractivity contribution in [3.8, 4) is 0 Å². The molecule has 2 aliphatic heterocycles. The Hall–Kier alpha value is -2.90. The number of benzene rings is 1. The molecule has 0 aliphatic carbocycles. The van der Waals surface area contributed by atoms with Gasteiger partial charge < -0.3 is 20.1 Å². The van der Waals surface area contributed by atoms with Crippen LogP contribution in [0.4, 0.5) is 16.2 Å². The first-order chi connectivity index (χ1) is 12.7. The van der Waals surface area contributed by atoms with Gasteiger partial charge in [0.25, 0.3) is 0 Å². The quantitative estimate of drug-likeness (QED) is 0.879. The standard InChI is InChI=1S/C18H22N6O2/c25-17-5-3-11-23(17)14-8-6-13(7-9-14)20-18(26)19-12-16-22-21-15-4-1-2-10-24(15)16/h6-9H,1-5,10-12H2,(H2,19,20,26). The third-order valence-corrected chi connectivity index (χ3v) is 4.85. The second kappa shape index (κ2) is 7.15. The van der Waals surface area contributed by atoms with Crippen molar-refractivity contribution in [3.63, 3.8) is 0 Å². The maximum atomic E-state index is 12.1. The number of hydrogen-bond donors (Lipinski definition) is 2. The second-order valence-electron chi connectivity index (χ2n) is 6.64. The van der Waals surface area contributed by atoms with Crippen LogP contribution in [0.5, 0.6) is 0 Å². The zero-order valence-corrected chi connectivity index (χ0v) is 14.6. The van der Waals surface area contributed by atoms with Gasteiger partial charge in [-0.1, -0.05) is 0 Å². The lowest BCUT2D eigenvalue weighted by Gasteiger charge is -2.16. The molecule has 2 aliphatic rings. The molecule has 0 radical (unpaired) electrons. The van der Waals surface area contributed by atoms with Gasteiger partial charge >= 0.3 is 6.03 Å². The van der Waals surface area contributed by atoms with Crippen LogP contribution < -0.4 is 15.5 Å². The Labute approximate surface area is 151 Å². The van der Waals surface area contributed by atoms with E-state index in [0.29, 0.717) is 18.7 Å². The number of aromatic nitrogens is 3. The Bertz CT molecular complexity index is 814. The molecule has 8 heteroatoms. The highest BCUT2D eigenvalue weighted by molar-refractivity contribution is 5.96. The van der Waals surface area contributed by atoms with Crippen LogP contribution in [-0.4, -0.2) is 33.2 Å². The van der Waals surface area contributed by atoms with Crippen LogP contribution in [0.3, 0.4) is 0 Å². The van der Waals surface area contributed by atoms with Crippen molar-refractivity contribution in [2.75, 3.05) is 16.8 Å². The average Bonchev–Trinajstić information content (AvgIpc) is 3.27. The first-order valence-electron chi connectivity index (χ1n) is 9.07. The SMILES string of the molecule is O=C(NCc1nnc2n1CCCC2)Nc1ccc(N2CCCC2=O)cc1. The molecule has 8 nitrogen and oxygen atoms in total. The Kier molecular flexibility index (Phi) is 4.55. The molecule has 4 rings (SSSR count). The Morgan fingerprint density at radius 2 is 1.88 bits per heavy atom. The van der Waals surface area contributed by atoms with E-state index < -0.39 is 0 Å². The van der Waals surface area contributed by atoms with Gasteiger partial charge in [0.1, 0.15) is 5.82 Å². The number of fused-ring (bicyclic) bond motifs is 1. The molecule has 1 aromatic carbocycles. The number of carbonyl (C=O) groups excluding carboxylic acids is 2. The Morgan fingerprint density at radius 1 is 1.04 bits per heavy atom. The third-order valence-electron chi connectivity index (χ3n) is 4.85. The molecule has 1 aromatic heterocycles. The van der Waals surface area contributed by atoms with E-state index in [1.54, 1.807) is 17.0 Å². The predicted octanol–water partition coefficient (Wildman–Crippen LogP) is 2.06. The highest BCUT2D eigenvalue weighted by Crippen LogP contribution is 2.23. The Morgan fingerprint density at radius 3 is 2.65 bits per heavy atom. The summed E-state index contributed by atoms with van der Waals surface area (Å²) in [6.45, 7) is 2.02. The number of aryl methyl sites for hydroxylation is 1. The topological polar surface area (TPSA) is 92.2 Å². The molecular weight excluding hydrogens is 332 g/mol. The minimum atomic E-state index is -0.289. The molecule has 3 heterocycles. The molecule has 0 bridgehead atoms. The van der Waals surface area contributed by atoms with Gasteiger partial charge in [0.05, 0.1) is 6.54 Å². The third kappa shape index (κ3) is 3.40. The van der Waals surface area contributed by atoms with E-state index in [0.717, 1.165) is 56.1 Å². The molecular formula is C18H22N6O2. The van der Waals surface area contributed by atoms with Crippen LogP contribution in [0.2, 0.25) is 0 Å². The summed E-state index contributed by atoms with van der Waals surface area (Å²) in [7, 11) is 0. The molecule has 2 N–H and O–H groups in total. The predicted molar refractivity (Wildman–Crippen MR) is 96.8 cm³/mol. The summed E-state index contributed by atoms with van der Waals surface area (Å²) in [4.78, 5) is 25.7. The van der Waals surface area contributed by atoms with Crippen molar-refractivity contribution in [1.82, 2.24) is 20.1 Å². The van der Waals surface area contributed by atoms with Gasteiger partial charge in [0.2, 0.25) is 5.91 Å². The van der Waals surface area contributed by atoms with Gasteiger partial charge in [0.15, 0.2) is 5.82 Å². The molecule has 26 heavy (non-hydrogen) atoms. The molecule has 1 fully saturated rings. The lowest BCUT2D eigenvalue weighted by Crippen LogP contribution is -2.30. The lowest BCUT2D eigenvalue weighted by molar-refractivity contribution is -0.117. The molecule has 2 aromatic rings.